The van der Waals surface area contributed by atoms with Gasteiger partial charge < -0.3 is 19.9 Å². The maximum atomic E-state index is 11.4. The highest BCUT2D eigenvalue weighted by molar-refractivity contribution is 9.10. The van der Waals surface area contributed by atoms with Crippen molar-refractivity contribution in [2.45, 2.75) is 19.4 Å². The van der Waals surface area contributed by atoms with Crippen molar-refractivity contribution in [3.05, 3.63) is 22.2 Å². The molecule has 0 saturated heterocycles. The van der Waals surface area contributed by atoms with Crippen LogP contribution in [0.15, 0.2) is 16.6 Å². The van der Waals surface area contributed by atoms with Crippen LogP contribution >= 0.6 is 15.9 Å². The summed E-state index contributed by atoms with van der Waals surface area (Å²) in [6, 6.07) is 3.06. The van der Waals surface area contributed by atoms with Gasteiger partial charge in [-0.25, -0.2) is 0 Å². The molecular weight excluding hydrogens is 314 g/mol. The first kappa shape index (κ1) is 15.8. The molecule has 6 heteroatoms. The number of carbonyl (C=O) groups is 1. The molecule has 19 heavy (non-hydrogen) atoms. The molecule has 0 aliphatic heterocycles. The Morgan fingerprint density at radius 3 is 2.42 bits per heavy atom. The molecule has 1 rings (SSSR count). The van der Waals surface area contributed by atoms with E-state index in [-0.39, 0.29) is 12.4 Å². The number of benzene rings is 1. The van der Waals surface area contributed by atoms with Gasteiger partial charge in [0.1, 0.15) is 0 Å². The van der Waals surface area contributed by atoms with Crippen molar-refractivity contribution in [2.24, 2.45) is 5.73 Å². The summed E-state index contributed by atoms with van der Waals surface area (Å²) in [5, 5.41) is 0. The zero-order valence-electron chi connectivity index (χ0n) is 11.2. The van der Waals surface area contributed by atoms with Crippen molar-refractivity contribution in [3.63, 3.8) is 0 Å². The minimum Gasteiger partial charge on any atom is -0.493 e. The molecule has 5 nitrogen and oxygen atoms in total. The zero-order chi connectivity index (χ0) is 14.4. The molecule has 0 bridgehead atoms. The van der Waals surface area contributed by atoms with E-state index in [2.05, 4.69) is 15.9 Å². The Kier molecular flexibility index (Phi) is 6.11. The Bertz CT molecular complexity index is 451. The standard InChI is InChI=1S/C13H18BrNO4/c1-4-19-13(16)7-10(15)8-5-11(17-2)12(18-3)6-9(8)14/h5-6,10H,4,7,15H2,1-3H3/t10-/m0/s1. The van der Waals surface area contributed by atoms with Gasteiger partial charge in [0.25, 0.3) is 0 Å². The summed E-state index contributed by atoms with van der Waals surface area (Å²) in [5.41, 5.74) is 6.78. The van der Waals surface area contributed by atoms with Crippen LogP contribution < -0.4 is 15.2 Å². The number of halogens is 1. The van der Waals surface area contributed by atoms with Gasteiger partial charge in [0, 0.05) is 10.5 Å². The molecule has 0 aliphatic rings. The fraction of sp³-hybridized carbons (Fsp3) is 0.462. The molecule has 0 aliphatic carbocycles. The molecule has 0 radical (unpaired) electrons. The van der Waals surface area contributed by atoms with Gasteiger partial charge in [-0.1, -0.05) is 15.9 Å². The Labute approximate surface area is 121 Å². The fourth-order valence-electron chi connectivity index (χ4n) is 1.66. The molecule has 0 heterocycles. The number of esters is 1. The van der Waals surface area contributed by atoms with Crippen LogP contribution in [0.4, 0.5) is 0 Å². The molecule has 1 atom stereocenters. The van der Waals surface area contributed by atoms with Gasteiger partial charge in [0.15, 0.2) is 11.5 Å². The number of hydrogen-bond donors (Lipinski definition) is 1. The molecule has 106 valence electrons. The molecule has 0 aromatic heterocycles. The van der Waals surface area contributed by atoms with E-state index >= 15 is 0 Å². The second-order valence-electron chi connectivity index (χ2n) is 3.84. The predicted molar refractivity (Wildman–Crippen MR) is 75.4 cm³/mol. The maximum Gasteiger partial charge on any atom is 0.307 e. The topological polar surface area (TPSA) is 70.8 Å². The summed E-state index contributed by atoms with van der Waals surface area (Å²) in [7, 11) is 3.11. The highest BCUT2D eigenvalue weighted by Crippen LogP contribution is 2.36. The summed E-state index contributed by atoms with van der Waals surface area (Å²) in [5.74, 6) is 0.846. The lowest BCUT2D eigenvalue weighted by Crippen LogP contribution is -2.17. The van der Waals surface area contributed by atoms with Gasteiger partial charge in [-0.15, -0.1) is 0 Å². The van der Waals surface area contributed by atoms with Crippen LogP contribution in [0, 0.1) is 0 Å². The summed E-state index contributed by atoms with van der Waals surface area (Å²) in [4.78, 5) is 11.4. The quantitative estimate of drug-likeness (QED) is 0.810. The molecule has 0 unspecified atom stereocenters. The van der Waals surface area contributed by atoms with Crippen molar-refractivity contribution >= 4 is 21.9 Å². The lowest BCUT2D eigenvalue weighted by atomic mass is 10.0. The van der Waals surface area contributed by atoms with Crippen LogP contribution in [-0.4, -0.2) is 26.8 Å². The predicted octanol–water partition coefficient (Wildman–Crippen LogP) is 2.42. The summed E-state index contributed by atoms with van der Waals surface area (Å²) in [6.07, 6.45) is 0.113. The Hall–Kier alpha value is -1.27. The van der Waals surface area contributed by atoms with Crippen molar-refractivity contribution in [2.75, 3.05) is 20.8 Å². The average Bonchev–Trinajstić information content (AvgIpc) is 2.38. The third-order valence-corrected chi connectivity index (χ3v) is 3.28. The summed E-state index contributed by atoms with van der Waals surface area (Å²) >= 11 is 3.41. The van der Waals surface area contributed by atoms with Crippen LogP contribution in [0.5, 0.6) is 11.5 Å². The number of methoxy groups -OCH3 is 2. The van der Waals surface area contributed by atoms with Gasteiger partial charge in [-0.2, -0.15) is 0 Å². The van der Waals surface area contributed by atoms with E-state index in [0.717, 1.165) is 10.0 Å². The van der Waals surface area contributed by atoms with Crippen molar-refractivity contribution in [3.8, 4) is 11.5 Å². The number of carbonyl (C=O) groups excluding carboxylic acids is 1. The molecule has 1 aromatic rings. The van der Waals surface area contributed by atoms with Gasteiger partial charge >= 0.3 is 5.97 Å². The first-order valence-corrected chi connectivity index (χ1v) is 6.65. The first-order chi connectivity index (χ1) is 9.03. The monoisotopic (exact) mass is 331 g/mol. The number of nitrogens with two attached hydrogens (primary N) is 1. The van der Waals surface area contributed by atoms with Gasteiger partial charge in [-0.3, -0.25) is 4.79 Å². The molecule has 0 fully saturated rings. The van der Waals surface area contributed by atoms with E-state index in [9.17, 15) is 4.79 Å². The number of hydrogen-bond acceptors (Lipinski definition) is 5. The lowest BCUT2D eigenvalue weighted by molar-refractivity contribution is -0.143. The third-order valence-electron chi connectivity index (χ3n) is 2.59. The van der Waals surface area contributed by atoms with Crippen molar-refractivity contribution in [1.29, 1.82) is 0 Å². The Morgan fingerprint density at radius 1 is 1.32 bits per heavy atom. The van der Waals surface area contributed by atoms with E-state index < -0.39 is 6.04 Å². The molecule has 1 aromatic carbocycles. The van der Waals surface area contributed by atoms with E-state index in [0.29, 0.717) is 18.1 Å². The normalized spacial score (nSPS) is 11.8. The fourth-order valence-corrected chi connectivity index (χ4v) is 2.28. The highest BCUT2D eigenvalue weighted by atomic mass is 79.9. The first-order valence-electron chi connectivity index (χ1n) is 5.86. The van der Waals surface area contributed by atoms with Crippen LogP contribution in [0.25, 0.3) is 0 Å². The zero-order valence-corrected chi connectivity index (χ0v) is 12.8. The Balaban J connectivity index is 2.96. The third kappa shape index (κ3) is 4.11. The van der Waals surface area contributed by atoms with Gasteiger partial charge in [-0.05, 0) is 24.6 Å². The number of ether oxygens (including phenoxy) is 3. The molecule has 0 spiro atoms. The average molecular weight is 332 g/mol. The van der Waals surface area contributed by atoms with Crippen LogP contribution in [0.3, 0.4) is 0 Å². The minimum absolute atomic E-state index is 0.113. The molecular formula is C13H18BrNO4. The van der Waals surface area contributed by atoms with E-state index in [1.807, 2.05) is 0 Å². The SMILES string of the molecule is CCOC(=O)C[C@H](N)c1cc(OC)c(OC)cc1Br. The summed E-state index contributed by atoms with van der Waals surface area (Å²) < 4.78 is 16.1. The van der Waals surface area contributed by atoms with Crippen molar-refractivity contribution in [1.82, 2.24) is 0 Å². The van der Waals surface area contributed by atoms with Gasteiger partial charge in [0.05, 0.1) is 27.2 Å². The van der Waals surface area contributed by atoms with E-state index in [1.54, 1.807) is 33.3 Å². The van der Waals surface area contributed by atoms with E-state index in [1.165, 1.54) is 0 Å². The minimum atomic E-state index is -0.465. The van der Waals surface area contributed by atoms with E-state index in [4.69, 9.17) is 19.9 Å². The number of rotatable bonds is 6. The second-order valence-corrected chi connectivity index (χ2v) is 4.70. The van der Waals surface area contributed by atoms with Crippen LogP contribution in [0.1, 0.15) is 24.9 Å². The van der Waals surface area contributed by atoms with Crippen molar-refractivity contribution < 1.29 is 19.0 Å². The van der Waals surface area contributed by atoms with Crippen LogP contribution in [0.2, 0.25) is 0 Å². The largest absolute Gasteiger partial charge is 0.493 e. The summed E-state index contributed by atoms with van der Waals surface area (Å²) in [6.45, 7) is 2.11. The maximum absolute atomic E-state index is 11.4. The van der Waals surface area contributed by atoms with Gasteiger partial charge in [0.2, 0.25) is 0 Å². The highest BCUT2D eigenvalue weighted by Gasteiger charge is 2.18. The molecule has 2 N–H and O–H groups in total. The van der Waals surface area contributed by atoms with Crippen LogP contribution in [-0.2, 0) is 9.53 Å². The molecule has 0 saturated carbocycles. The second kappa shape index (κ2) is 7.35. The smallest absolute Gasteiger partial charge is 0.307 e. The lowest BCUT2D eigenvalue weighted by Gasteiger charge is -2.16. The Morgan fingerprint density at radius 2 is 1.89 bits per heavy atom. The molecule has 0 amide bonds.